The zero-order valence-electron chi connectivity index (χ0n) is 25.8. The van der Waals surface area contributed by atoms with Crippen LogP contribution in [0.5, 0.6) is 0 Å². The van der Waals surface area contributed by atoms with Gasteiger partial charge in [-0.2, -0.15) is 5.26 Å². The first-order chi connectivity index (χ1) is 21.7. The Morgan fingerprint density at radius 1 is 0.705 bits per heavy atom. The summed E-state index contributed by atoms with van der Waals surface area (Å²) < 4.78 is 5.07. The van der Waals surface area contributed by atoms with Crippen molar-refractivity contribution in [1.29, 1.82) is 5.26 Å². The highest BCUT2D eigenvalue weighted by atomic mass is 15.0. The Balaban J connectivity index is 1.61. The zero-order valence-corrected chi connectivity index (χ0v) is 25.8. The fraction of sp³-hybridized carbons (Fsp3) is 0.225. The lowest BCUT2D eigenvalue weighted by molar-refractivity contribution is 0.543. The fourth-order valence-electron chi connectivity index (χ4n) is 8.27. The summed E-state index contributed by atoms with van der Waals surface area (Å²) in [7, 11) is 0. The van der Waals surface area contributed by atoms with Crippen molar-refractivity contribution in [2.24, 2.45) is 0 Å². The minimum absolute atomic E-state index is 0.0710. The summed E-state index contributed by atoms with van der Waals surface area (Å²) in [5.41, 5.74) is 12.2. The third-order valence-electron chi connectivity index (χ3n) is 10.1. The minimum Gasteiger partial charge on any atom is -0.375 e. The molecule has 0 N–H and O–H groups in total. The van der Waals surface area contributed by atoms with E-state index in [9.17, 15) is 5.26 Å². The van der Waals surface area contributed by atoms with Gasteiger partial charge in [-0.3, -0.25) is 0 Å². The van der Waals surface area contributed by atoms with Gasteiger partial charge in [0, 0.05) is 32.7 Å². The first kappa shape index (κ1) is 26.9. The van der Waals surface area contributed by atoms with Gasteiger partial charge < -0.3 is 9.05 Å². The molecule has 8 rings (SSSR count). The third-order valence-corrected chi connectivity index (χ3v) is 10.1. The predicted octanol–water partition coefficient (Wildman–Crippen LogP) is 9.11. The number of hydrogen-bond donors (Lipinski definition) is 0. The van der Waals surface area contributed by atoms with E-state index in [1.807, 2.05) is 12.1 Å². The number of aryl methyl sites for hydroxylation is 1. The van der Waals surface area contributed by atoms with Gasteiger partial charge in [0.2, 0.25) is 0 Å². The van der Waals surface area contributed by atoms with Crippen LogP contribution in [-0.2, 0) is 0 Å². The van der Waals surface area contributed by atoms with Crippen molar-refractivity contribution in [3.05, 3.63) is 114 Å². The van der Waals surface area contributed by atoms with E-state index < -0.39 is 0 Å². The Labute approximate surface area is 259 Å². The van der Waals surface area contributed by atoms with Gasteiger partial charge in [0.05, 0.1) is 22.1 Å². The summed E-state index contributed by atoms with van der Waals surface area (Å²) in [4.78, 5) is 0. The summed E-state index contributed by atoms with van der Waals surface area (Å²) in [5, 5.41) is 15.5. The van der Waals surface area contributed by atoms with E-state index in [1.54, 1.807) is 0 Å². The molecule has 0 aliphatic carbocycles. The van der Waals surface area contributed by atoms with E-state index in [1.165, 1.54) is 86.1 Å². The molecule has 1 atom stereocenters. The number of aromatic nitrogens is 2. The monoisotopic (exact) mass is 569 g/mol. The normalized spacial score (nSPS) is 13.2. The van der Waals surface area contributed by atoms with Crippen LogP contribution in [0.1, 0.15) is 68.6 Å². The summed E-state index contributed by atoms with van der Waals surface area (Å²) in [6.07, 6.45) is 5.93. The largest absolute Gasteiger partial charge is 0.375 e. The lowest BCUT2D eigenvalue weighted by atomic mass is 9.46. The Bertz CT molecular complexity index is 2280. The van der Waals surface area contributed by atoms with Crippen LogP contribution in [0.3, 0.4) is 0 Å². The van der Waals surface area contributed by atoms with Crippen molar-refractivity contribution in [1.82, 2.24) is 9.05 Å². The SMILES string of the molecule is CCCC[C@@H](CCC)c1ccc2c3ccccc3n3c2c1B(n1c2c(C)cccc2c2cccc(C#N)c21)c1ccccc1-3. The summed E-state index contributed by atoms with van der Waals surface area (Å²) >= 11 is 0. The van der Waals surface area contributed by atoms with Crippen LogP contribution < -0.4 is 10.9 Å². The standard InChI is InChI=1S/C40H36BN3/c1-4-6-15-27(13-5-2)29-23-24-33-30-17-7-9-21-35(30)43-36-22-10-8-20-34(36)41(37(29)40(33)43)44-38-26(3)14-11-18-31(38)32-19-12-16-28(25-42)39(32)44/h7-12,14,16-24,27H,4-6,13,15H2,1-3H3/t27-/m1/s1. The second-order valence-corrected chi connectivity index (χ2v) is 12.6. The molecule has 0 saturated carbocycles. The van der Waals surface area contributed by atoms with Crippen LogP contribution in [0.25, 0.3) is 49.3 Å². The molecule has 3 nitrogen and oxygen atoms in total. The average Bonchev–Trinajstić information content (AvgIpc) is 3.58. The van der Waals surface area contributed by atoms with E-state index in [0.717, 1.165) is 22.9 Å². The molecule has 44 heavy (non-hydrogen) atoms. The zero-order chi connectivity index (χ0) is 29.9. The smallest absolute Gasteiger partial charge is 0.332 e. The highest BCUT2D eigenvalue weighted by Gasteiger charge is 2.39. The van der Waals surface area contributed by atoms with Gasteiger partial charge in [-0.15, -0.1) is 0 Å². The summed E-state index contributed by atoms with van der Waals surface area (Å²) in [6, 6.07) is 38.1. The van der Waals surface area contributed by atoms with Crippen LogP contribution in [0.4, 0.5) is 0 Å². The van der Waals surface area contributed by atoms with Crippen LogP contribution >= 0.6 is 0 Å². The maximum atomic E-state index is 10.5. The number of fused-ring (bicyclic) bond motifs is 8. The van der Waals surface area contributed by atoms with Gasteiger partial charge in [0.1, 0.15) is 6.07 Å². The third kappa shape index (κ3) is 3.69. The molecule has 4 heteroatoms. The molecule has 2 aromatic heterocycles. The maximum absolute atomic E-state index is 10.5. The summed E-state index contributed by atoms with van der Waals surface area (Å²) in [6.45, 7) is 6.77. The highest BCUT2D eigenvalue weighted by Crippen LogP contribution is 2.40. The molecule has 0 amide bonds. The van der Waals surface area contributed by atoms with Gasteiger partial charge in [-0.1, -0.05) is 112 Å². The van der Waals surface area contributed by atoms with Crippen molar-refractivity contribution in [3.8, 4) is 11.8 Å². The van der Waals surface area contributed by atoms with Crippen molar-refractivity contribution >= 4 is 61.4 Å². The van der Waals surface area contributed by atoms with Crippen LogP contribution in [0, 0.1) is 18.3 Å². The number of nitriles is 1. The molecule has 0 radical (unpaired) electrons. The molecule has 0 unspecified atom stereocenters. The van der Waals surface area contributed by atoms with Gasteiger partial charge in [-0.05, 0) is 65.9 Å². The number of nitrogens with zero attached hydrogens (tertiary/aromatic N) is 3. The van der Waals surface area contributed by atoms with Crippen molar-refractivity contribution in [3.63, 3.8) is 0 Å². The molecule has 0 saturated heterocycles. The lowest BCUT2D eigenvalue weighted by Gasteiger charge is -2.32. The van der Waals surface area contributed by atoms with Crippen molar-refractivity contribution < 1.29 is 0 Å². The summed E-state index contributed by atoms with van der Waals surface area (Å²) in [5.74, 6) is 0.475. The molecule has 7 aromatic rings. The van der Waals surface area contributed by atoms with E-state index in [-0.39, 0.29) is 6.85 Å². The first-order valence-electron chi connectivity index (χ1n) is 16.2. The van der Waals surface area contributed by atoms with Gasteiger partial charge in [0.25, 0.3) is 0 Å². The number of para-hydroxylation sites is 4. The van der Waals surface area contributed by atoms with Crippen LogP contribution in [-0.4, -0.2) is 15.9 Å². The highest BCUT2D eigenvalue weighted by molar-refractivity contribution is 6.88. The Morgan fingerprint density at radius 2 is 1.43 bits per heavy atom. The molecule has 5 aromatic carbocycles. The molecule has 0 bridgehead atoms. The molecular weight excluding hydrogens is 533 g/mol. The van der Waals surface area contributed by atoms with E-state index in [4.69, 9.17) is 0 Å². The molecule has 214 valence electrons. The van der Waals surface area contributed by atoms with Crippen molar-refractivity contribution in [2.75, 3.05) is 0 Å². The maximum Gasteiger partial charge on any atom is 0.332 e. The van der Waals surface area contributed by atoms with E-state index in [0.29, 0.717) is 5.92 Å². The topological polar surface area (TPSA) is 33.6 Å². The Morgan fingerprint density at radius 3 is 2.25 bits per heavy atom. The first-order valence-corrected chi connectivity index (χ1v) is 16.2. The Kier molecular flexibility index (Phi) is 6.38. The van der Waals surface area contributed by atoms with Crippen LogP contribution in [0.2, 0.25) is 0 Å². The molecule has 1 aliphatic rings. The van der Waals surface area contributed by atoms with Crippen molar-refractivity contribution in [2.45, 2.75) is 58.8 Å². The average molecular weight is 570 g/mol. The number of unbranched alkanes of at least 4 members (excludes halogenated alkanes) is 1. The van der Waals surface area contributed by atoms with Crippen LogP contribution in [0.15, 0.2) is 97.1 Å². The van der Waals surface area contributed by atoms with Gasteiger partial charge in [0.15, 0.2) is 0 Å². The fourth-order valence-corrected chi connectivity index (χ4v) is 8.27. The van der Waals surface area contributed by atoms with E-state index >= 15 is 0 Å². The molecule has 3 heterocycles. The lowest BCUT2D eigenvalue weighted by Crippen LogP contribution is -2.54. The van der Waals surface area contributed by atoms with E-state index in [2.05, 4.69) is 121 Å². The predicted molar refractivity (Wildman–Crippen MR) is 187 cm³/mol. The number of rotatable bonds is 7. The minimum atomic E-state index is -0.0710. The second-order valence-electron chi connectivity index (χ2n) is 12.6. The van der Waals surface area contributed by atoms with Gasteiger partial charge in [-0.25, -0.2) is 0 Å². The second kappa shape index (κ2) is 10.5. The number of hydrogen-bond acceptors (Lipinski definition) is 1. The number of benzene rings is 5. The molecule has 0 fully saturated rings. The molecule has 1 aliphatic heterocycles. The quantitative estimate of drug-likeness (QED) is 0.176. The molecule has 0 spiro atoms. The van der Waals surface area contributed by atoms with Gasteiger partial charge >= 0.3 is 6.85 Å². The Hall–Kier alpha value is -4.75. The molecular formula is C40H36BN3.